The van der Waals surface area contributed by atoms with Gasteiger partial charge in [0, 0.05) is 29.5 Å². The standard InChI is InChI=1S/C24H22FN3O3/c1-31-20-4-2-3-16(10-20)23(7-8-29)28-24(30)17-6-5-15-12-22(25)21(11-18(15)9-17)19-13-26-27-14-19/h2-6,9-14,23,29H,7-8H2,1H3,(H,26,27)(H,28,30). The number of aliphatic hydroxyl groups excluding tert-OH is 1. The van der Waals surface area contributed by atoms with Crippen molar-refractivity contribution >= 4 is 16.7 Å². The molecule has 1 atom stereocenters. The molecule has 3 N–H and O–H groups in total. The first-order chi connectivity index (χ1) is 15.1. The number of aliphatic hydroxyl groups is 1. The summed E-state index contributed by atoms with van der Waals surface area (Å²) in [6, 6.07) is 15.3. The van der Waals surface area contributed by atoms with Crippen LogP contribution in [0.1, 0.15) is 28.4 Å². The normalized spacial score (nSPS) is 12.0. The minimum Gasteiger partial charge on any atom is -0.497 e. The third-order valence-corrected chi connectivity index (χ3v) is 5.22. The van der Waals surface area contributed by atoms with Crippen LogP contribution >= 0.6 is 0 Å². The number of aromatic nitrogens is 2. The summed E-state index contributed by atoms with van der Waals surface area (Å²) in [5.74, 6) is 0.0405. The first-order valence-electron chi connectivity index (χ1n) is 9.87. The van der Waals surface area contributed by atoms with Crippen molar-refractivity contribution in [2.75, 3.05) is 13.7 Å². The zero-order valence-corrected chi connectivity index (χ0v) is 16.9. The first-order valence-corrected chi connectivity index (χ1v) is 9.87. The molecule has 0 aliphatic heterocycles. The van der Waals surface area contributed by atoms with Crippen LogP contribution in [-0.2, 0) is 0 Å². The van der Waals surface area contributed by atoms with E-state index < -0.39 is 0 Å². The number of hydrogen-bond donors (Lipinski definition) is 3. The van der Waals surface area contributed by atoms with Gasteiger partial charge in [-0.25, -0.2) is 4.39 Å². The molecular formula is C24H22FN3O3. The molecule has 0 fully saturated rings. The SMILES string of the molecule is COc1cccc(C(CCO)NC(=O)c2ccc3cc(F)c(-c4cn[nH]c4)cc3c2)c1. The van der Waals surface area contributed by atoms with Crippen molar-refractivity contribution < 1.29 is 19.0 Å². The van der Waals surface area contributed by atoms with E-state index in [0.29, 0.717) is 34.2 Å². The zero-order valence-electron chi connectivity index (χ0n) is 16.9. The van der Waals surface area contributed by atoms with Crippen molar-refractivity contribution in [1.29, 1.82) is 0 Å². The molecule has 4 aromatic rings. The van der Waals surface area contributed by atoms with Crippen molar-refractivity contribution in [3.8, 4) is 16.9 Å². The summed E-state index contributed by atoms with van der Waals surface area (Å²) in [4.78, 5) is 13.0. The molecule has 0 saturated carbocycles. The summed E-state index contributed by atoms with van der Waals surface area (Å²) in [6.45, 7) is -0.0762. The van der Waals surface area contributed by atoms with Gasteiger partial charge in [-0.3, -0.25) is 9.89 Å². The van der Waals surface area contributed by atoms with Crippen molar-refractivity contribution in [2.45, 2.75) is 12.5 Å². The Bertz CT molecular complexity index is 1210. The van der Waals surface area contributed by atoms with E-state index in [4.69, 9.17) is 4.74 Å². The topological polar surface area (TPSA) is 87.2 Å². The van der Waals surface area contributed by atoms with Gasteiger partial charge in [-0.2, -0.15) is 5.10 Å². The molecule has 0 aliphatic carbocycles. The van der Waals surface area contributed by atoms with Crippen molar-refractivity contribution in [1.82, 2.24) is 15.5 Å². The van der Waals surface area contributed by atoms with Gasteiger partial charge in [0.2, 0.25) is 0 Å². The lowest BCUT2D eigenvalue weighted by atomic mass is 10.00. The van der Waals surface area contributed by atoms with Gasteiger partial charge in [0.05, 0.1) is 19.3 Å². The highest BCUT2D eigenvalue weighted by atomic mass is 19.1. The number of nitrogens with one attached hydrogen (secondary N) is 2. The van der Waals surface area contributed by atoms with Crippen LogP contribution < -0.4 is 10.1 Å². The van der Waals surface area contributed by atoms with E-state index in [9.17, 15) is 14.3 Å². The first kappa shape index (κ1) is 20.6. The lowest BCUT2D eigenvalue weighted by Crippen LogP contribution is -2.29. The fourth-order valence-electron chi connectivity index (χ4n) is 3.58. The Morgan fingerprint density at radius 1 is 1.19 bits per heavy atom. The maximum absolute atomic E-state index is 14.5. The molecule has 1 aromatic heterocycles. The molecule has 6 nitrogen and oxygen atoms in total. The number of fused-ring (bicyclic) bond motifs is 1. The van der Waals surface area contributed by atoms with Gasteiger partial charge >= 0.3 is 0 Å². The highest BCUT2D eigenvalue weighted by Gasteiger charge is 2.17. The van der Waals surface area contributed by atoms with Gasteiger partial charge < -0.3 is 15.2 Å². The van der Waals surface area contributed by atoms with Gasteiger partial charge in [-0.15, -0.1) is 0 Å². The van der Waals surface area contributed by atoms with Crippen molar-refractivity contribution in [3.05, 3.63) is 83.9 Å². The Morgan fingerprint density at radius 3 is 2.81 bits per heavy atom. The highest BCUT2D eigenvalue weighted by molar-refractivity contribution is 5.99. The minimum atomic E-state index is -0.377. The van der Waals surface area contributed by atoms with E-state index in [-0.39, 0.29) is 24.4 Å². The maximum Gasteiger partial charge on any atom is 0.251 e. The number of carbonyl (C=O) groups excluding carboxylic acids is 1. The lowest BCUT2D eigenvalue weighted by Gasteiger charge is -2.19. The van der Waals surface area contributed by atoms with Gasteiger partial charge in [-0.05, 0) is 59.2 Å². The molecule has 0 bridgehead atoms. The average molecular weight is 419 g/mol. The third-order valence-electron chi connectivity index (χ3n) is 5.22. The number of nitrogens with zero attached hydrogens (tertiary/aromatic N) is 1. The lowest BCUT2D eigenvalue weighted by molar-refractivity contribution is 0.0930. The third kappa shape index (κ3) is 4.41. The van der Waals surface area contributed by atoms with Crippen LogP contribution in [0.3, 0.4) is 0 Å². The van der Waals surface area contributed by atoms with E-state index in [1.165, 1.54) is 6.07 Å². The van der Waals surface area contributed by atoms with Crippen LogP contribution in [0.15, 0.2) is 67.0 Å². The van der Waals surface area contributed by atoms with Crippen LogP contribution in [0.5, 0.6) is 5.75 Å². The molecule has 158 valence electrons. The van der Waals surface area contributed by atoms with E-state index in [1.807, 2.05) is 24.3 Å². The van der Waals surface area contributed by atoms with E-state index >= 15 is 0 Å². The second-order valence-corrected chi connectivity index (χ2v) is 7.20. The smallest absolute Gasteiger partial charge is 0.251 e. The van der Waals surface area contributed by atoms with Crippen LogP contribution in [-0.4, -0.2) is 34.9 Å². The van der Waals surface area contributed by atoms with Crippen molar-refractivity contribution in [3.63, 3.8) is 0 Å². The zero-order chi connectivity index (χ0) is 21.8. The molecule has 0 saturated heterocycles. The molecule has 0 aliphatic rings. The molecule has 1 unspecified atom stereocenters. The molecule has 1 amide bonds. The van der Waals surface area contributed by atoms with Crippen molar-refractivity contribution in [2.24, 2.45) is 0 Å². The summed E-state index contributed by atoms with van der Waals surface area (Å²) in [5.41, 5.74) is 2.33. The van der Waals surface area contributed by atoms with Crippen LogP contribution in [0.25, 0.3) is 21.9 Å². The van der Waals surface area contributed by atoms with Crippen LogP contribution in [0, 0.1) is 5.82 Å². The number of hydrogen-bond acceptors (Lipinski definition) is 4. The molecule has 4 rings (SSSR count). The highest BCUT2D eigenvalue weighted by Crippen LogP contribution is 2.28. The second-order valence-electron chi connectivity index (χ2n) is 7.20. The molecule has 1 heterocycles. The summed E-state index contributed by atoms with van der Waals surface area (Å²) < 4.78 is 19.8. The monoisotopic (exact) mass is 419 g/mol. The summed E-state index contributed by atoms with van der Waals surface area (Å²) >= 11 is 0. The maximum atomic E-state index is 14.5. The number of halogens is 1. The molecule has 3 aromatic carbocycles. The predicted octanol–water partition coefficient (Wildman–Crippen LogP) is 4.23. The van der Waals surface area contributed by atoms with Crippen LogP contribution in [0.2, 0.25) is 0 Å². The summed E-state index contributed by atoms with van der Waals surface area (Å²) in [6.07, 6.45) is 3.53. The largest absolute Gasteiger partial charge is 0.497 e. The Morgan fingerprint density at radius 2 is 2.06 bits per heavy atom. The Kier molecular flexibility index (Phi) is 5.95. The van der Waals surface area contributed by atoms with Gasteiger partial charge in [0.15, 0.2) is 0 Å². The molecule has 31 heavy (non-hydrogen) atoms. The Labute approximate surface area is 178 Å². The molecular weight excluding hydrogens is 397 g/mol. The predicted molar refractivity (Wildman–Crippen MR) is 116 cm³/mol. The fourth-order valence-corrected chi connectivity index (χ4v) is 3.58. The van der Waals surface area contributed by atoms with E-state index in [1.54, 1.807) is 43.8 Å². The number of rotatable bonds is 7. The second kappa shape index (κ2) is 8.97. The number of H-pyrrole nitrogens is 1. The number of ether oxygens (including phenoxy) is 1. The van der Waals surface area contributed by atoms with E-state index in [0.717, 1.165) is 10.9 Å². The minimum absolute atomic E-state index is 0.0762. The van der Waals surface area contributed by atoms with Gasteiger partial charge in [-0.1, -0.05) is 18.2 Å². The van der Waals surface area contributed by atoms with Gasteiger partial charge in [0.25, 0.3) is 5.91 Å². The molecule has 0 radical (unpaired) electrons. The van der Waals surface area contributed by atoms with E-state index in [2.05, 4.69) is 15.5 Å². The summed E-state index contributed by atoms with van der Waals surface area (Å²) in [7, 11) is 1.58. The quantitative estimate of drug-likeness (QED) is 0.418. The fraction of sp³-hybridized carbons (Fsp3) is 0.167. The molecule has 0 spiro atoms. The van der Waals surface area contributed by atoms with Crippen LogP contribution in [0.4, 0.5) is 4.39 Å². The number of carbonyl (C=O) groups is 1. The summed E-state index contributed by atoms with van der Waals surface area (Å²) in [5, 5.41) is 20.4. The Balaban J connectivity index is 1.63. The molecule has 7 heteroatoms. The average Bonchev–Trinajstić information content (AvgIpc) is 3.32. The number of aromatic amines is 1. The number of amides is 1. The Hall–Kier alpha value is -3.71. The van der Waals surface area contributed by atoms with Gasteiger partial charge in [0.1, 0.15) is 11.6 Å². The number of benzene rings is 3. The number of methoxy groups -OCH3 is 1.